The minimum Gasteiger partial charge on any atom is -0.489 e. The first kappa shape index (κ1) is 24.6. The number of benzene rings is 1. The molecule has 0 radical (unpaired) electrons. The second kappa shape index (κ2) is 10.4. The van der Waals surface area contributed by atoms with E-state index in [0.29, 0.717) is 0 Å². The van der Waals surface area contributed by atoms with Crippen LogP contribution >= 0.6 is 0 Å². The maximum Gasteiger partial charge on any atom is 0.298 e. The molecular formula is C15H24O12S. The maximum absolute atomic E-state index is 11.2. The van der Waals surface area contributed by atoms with E-state index in [4.69, 9.17) is 14.4 Å². The van der Waals surface area contributed by atoms with Gasteiger partial charge in [-0.1, -0.05) is 12.1 Å². The first-order chi connectivity index (χ1) is 12.9. The van der Waals surface area contributed by atoms with Crippen molar-refractivity contribution in [1.82, 2.24) is 0 Å². The van der Waals surface area contributed by atoms with Gasteiger partial charge in [0.1, 0.15) is 60.0 Å². The Bertz CT molecular complexity index is 711. The van der Waals surface area contributed by atoms with Crippen LogP contribution in [0.4, 0.5) is 0 Å². The number of aliphatic hydroxyl groups is 8. The van der Waals surface area contributed by atoms with E-state index in [0.717, 1.165) is 12.1 Å². The maximum atomic E-state index is 11.2. The van der Waals surface area contributed by atoms with Gasteiger partial charge in [0, 0.05) is 0 Å². The Morgan fingerprint density at radius 1 is 0.786 bits per heavy atom. The molecule has 12 nitrogen and oxygen atoms in total. The van der Waals surface area contributed by atoms with E-state index in [1.165, 1.54) is 12.1 Å². The molecule has 1 aromatic rings. The molecule has 0 spiro atoms. The summed E-state index contributed by atoms with van der Waals surface area (Å²) >= 11 is 0. The van der Waals surface area contributed by atoms with Gasteiger partial charge in [0.25, 0.3) is 10.1 Å². The standard InChI is InChI=1S/C15H24O12S/c16-5-7(17)11(19)13(21)15(23)14(22)12(20)8(18)6-27-9-3-1-2-4-10(9)28(24,25)26/h1-4,7-8,11-23H,5-6H2,(H,24,25,26). The molecule has 0 saturated carbocycles. The normalized spacial score (nSPS) is 19.9. The van der Waals surface area contributed by atoms with Crippen molar-refractivity contribution in [2.75, 3.05) is 13.2 Å². The third kappa shape index (κ3) is 6.31. The molecule has 7 unspecified atom stereocenters. The van der Waals surface area contributed by atoms with Gasteiger partial charge in [-0.15, -0.1) is 0 Å². The number of para-hydroxylation sites is 1. The monoisotopic (exact) mass is 428 g/mol. The van der Waals surface area contributed by atoms with Crippen molar-refractivity contribution >= 4 is 10.1 Å². The van der Waals surface area contributed by atoms with E-state index in [2.05, 4.69) is 0 Å². The molecule has 0 aliphatic carbocycles. The molecule has 7 atom stereocenters. The van der Waals surface area contributed by atoms with Crippen molar-refractivity contribution in [1.29, 1.82) is 0 Å². The fourth-order valence-electron chi connectivity index (χ4n) is 2.23. The summed E-state index contributed by atoms with van der Waals surface area (Å²) in [4.78, 5) is -0.603. The molecule has 0 amide bonds. The zero-order valence-electron chi connectivity index (χ0n) is 14.4. The van der Waals surface area contributed by atoms with Gasteiger partial charge >= 0.3 is 0 Å². The smallest absolute Gasteiger partial charge is 0.298 e. The Morgan fingerprint density at radius 3 is 1.75 bits per heavy atom. The summed E-state index contributed by atoms with van der Waals surface area (Å²) in [6.07, 6.45) is -14.5. The third-order valence-corrected chi connectivity index (χ3v) is 4.80. The summed E-state index contributed by atoms with van der Waals surface area (Å²) in [7, 11) is -4.63. The van der Waals surface area contributed by atoms with E-state index in [1.54, 1.807) is 0 Å². The number of aliphatic hydroxyl groups excluding tert-OH is 8. The molecule has 28 heavy (non-hydrogen) atoms. The fourth-order valence-corrected chi connectivity index (χ4v) is 2.86. The first-order valence-electron chi connectivity index (χ1n) is 7.98. The summed E-state index contributed by atoms with van der Waals surface area (Å²) in [5.41, 5.74) is 0. The molecule has 0 aliphatic heterocycles. The van der Waals surface area contributed by atoms with Gasteiger partial charge in [0.05, 0.1) is 6.61 Å². The highest BCUT2D eigenvalue weighted by Crippen LogP contribution is 2.23. The first-order valence-corrected chi connectivity index (χ1v) is 9.42. The van der Waals surface area contributed by atoms with Gasteiger partial charge < -0.3 is 45.6 Å². The largest absolute Gasteiger partial charge is 0.489 e. The Morgan fingerprint density at radius 2 is 1.25 bits per heavy atom. The number of hydrogen-bond acceptors (Lipinski definition) is 11. The molecule has 162 valence electrons. The Kier molecular flexibility index (Phi) is 9.16. The van der Waals surface area contributed by atoms with Crippen molar-refractivity contribution in [2.45, 2.75) is 47.6 Å². The molecule has 0 fully saturated rings. The number of hydrogen-bond donors (Lipinski definition) is 9. The highest BCUT2D eigenvalue weighted by molar-refractivity contribution is 7.86. The SMILES string of the molecule is O=S(=O)(O)c1ccccc1OCC(O)C(O)C(O)C(O)C(O)C(O)C(O)CO. The summed E-state index contributed by atoms with van der Waals surface area (Å²) in [6, 6.07) is 4.85. The van der Waals surface area contributed by atoms with Gasteiger partial charge in [0.15, 0.2) is 0 Å². The van der Waals surface area contributed by atoms with E-state index < -0.39 is 71.0 Å². The molecule has 1 rings (SSSR count). The van der Waals surface area contributed by atoms with Crippen LogP contribution in [0.5, 0.6) is 5.75 Å². The summed E-state index contributed by atoms with van der Waals surface area (Å²) in [5, 5.41) is 76.5. The molecule has 0 aliphatic rings. The lowest BCUT2D eigenvalue weighted by atomic mass is 9.94. The van der Waals surface area contributed by atoms with Crippen LogP contribution in [0.25, 0.3) is 0 Å². The van der Waals surface area contributed by atoms with Crippen molar-refractivity contribution in [3.05, 3.63) is 24.3 Å². The molecule has 9 N–H and O–H groups in total. The predicted octanol–water partition coefficient (Wildman–Crippen LogP) is -4.17. The highest BCUT2D eigenvalue weighted by atomic mass is 32.2. The summed E-state index contributed by atoms with van der Waals surface area (Å²) in [5.74, 6) is -0.354. The molecule has 0 saturated heterocycles. The lowest BCUT2D eigenvalue weighted by Crippen LogP contribution is -2.55. The molecule has 0 bridgehead atoms. The van der Waals surface area contributed by atoms with Crippen LogP contribution in [0.3, 0.4) is 0 Å². The zero-order chi connectivity index (χ0) is 21.6. The molecular weight excluding hydrogens is 404 g/mol. The van der Waals surface area contributed by atoms with Crippen LogP contribution in [0.15, 0.2) is 29.2 Å². The zero-order valence-corrected chi connectivity index (χ0v) is 15.2. The van der Waals surface area contributed by atoms with Gasteiger partial charge in [-0.3, -0.25) is 4.55 Å². The van der Waals surface area contributed by atoms with E-state index in [-0.39, 0.29) is 5.75 Å². The third-order valence-electron chi connectivity index (χ3n) is 3.91. The van der Waals surface area contributed by atoms with E-state index in [1.807, 2.05) is 0 Å². The van der Waals surface area contributed by atoms with Gasteiger partial charge in [-0.25, -0.2) is 0 Å². The van der Waals surface area contributed by atoms with Crippen LogP contribution in [0, 0.1) is 0 Å². The average Bonchev–Trinajstić information content (AvgIpc) is 2.67. The van der Waals surface area contributed by atoms with Gasteiger partial charge in [-0.05, 0) is 12.1 Å². The topological polar surface area (TPSA) is 225 Å². The molecule has 0 aromatic heterocycles. The summed E-state index contributed by atoms with van der Waals surface area (Å²) in [6.45, 7) is -1.73. The van der Waals surface area contributed by atoms with Crippen LogP contribution in [0.2, 0.25) is 0 Å². The fraction of sp³-hybridized carbons (Fsp3) is 0.600. The quantitative estimate of drug-likeness (QED) is 0.153. The molecule has 13 heteroatoms. The second-order valence-electron chi connectivity index (χ2n) is 6.00. The van der Waals surface area contributed by atoms with Crippen LogP contribution < -0.4 is 4.74 Å². The van der Waals surface area contributed by atoms with E-state index >= 15 is 0 Å². The summed E-state index contributed by atoms with van der Waals surface area (Å²) < 4.78 is 36.6. The van der Waals surface area contributed by atoms with Crippen molar-refractivity contribution < 1.29 is 58.6 Å². The van der Waals surface area contributed by atoms with Crippen LogP contribution in [-0.2, 0) is 10.1 Å². The lowest BCUT2D eigenvalue weighted by Gasteiger charge is -2.32. The Hall–Kier alpha value is -1.39. The van der Waals surface area contributed by atoms with Crippen LogP contribution in [-0.4, -0.2) is 110 Å². The minimum atomic E-state index is -4.63. The second-order valence-corrected chi connectivity index (χ2v) is 7.39. The number of ether oxygens (including phenoxy) is 1. The molecule has 1 aromatic carbocycles. The Balaban J connectivity index is 2.76. The molecule has 0 heterocycles. The van der Waals surface area contributed by atoms with Crippen molar-refractivity contribution in [3.63, 3.8) is 0 Å². The van der Waals surface area contributed by atoms with Crippen molar-refractivity contribution in [2.24, 2.45) is 0 Å². The minimum absolute atomic E-state index is 0.354. The number of rotatable bonds is 11. The van der Waals surface area contributed by atoms with E-state index in [9.17, 15) is 44.2 Å². The van der Waals surface area contributed by atoms with Gasteiger partial charge in [-0.2, -0.15) is 8.42 Å². The van der Waals surface area contributed by atoms with Crippen LogP contribution in [0.1, 0.15) is 0 Å². The lowest BCUT2D eigenvalue weighted by molar-refractivity contribution is -0.172. The predicted molar refractivity (Wildman–Crippen MR) is 90.9 cm³/mol. The van der Waals surface area contributed by atoms with Crippen molar-refractivity contribution in [3.8, 4) is 5.75 Å². The van der Waals surface area contributed by atoms with Gasteiger partial charge in [0.2, 0.25) is 0 Å². The Labute approximate surface area is 160 Å². The average molecular weight is 428 g/mol. The highest BCUT2D eigenvalue weighted by Gasteiger charge is 2.39.